The van der Waals surface area contributed by atoms with E-state index < -0.39 is 17.7 Å². The number of ether oxygens (including phenoxy) is 1. The van der Waals surface area contributed by atoms with E-state index in [0.29, 0.717) is 45.9 Å². The van der Waals surface area contributed by atoms with E-state index in [1.807, 2.05) is 12.1 Å². The Balaban J connectivity index is 1.54. The normalized spacial score (nSPS) is 18.3. The van der Waals surface area contributed by atoms with E-state index >= 15 is 0 Å². The van der Waals surface area contributed by atoms with Gasteiger partial charge in [-0.25, -0.2) is 9.78 Å². The average molecular weight is 512 g/mol. The maximum atomic E-state index is 13.6. The van der Waals surface area contributed by atoms with E-state index in [0.717, 1.165) is 51.2 Å². The van der Waals surface area contributed by atoms with Gasteiger partial charge in [-0.3, -0.25) is 4.90 Å². The number of esters is 1. The third-order valence-corrected chi connectivity index (χ3v) is 7.69. The number of hydrogen-bond acceptors (Lipinski definition) is 5. The van der Waals surface area contributed by atoms with E-state index in [4.69, 9.17) is 9.72 Å². The zero-order valence-corrected chi connectivity index (χ0v) is 21.1. The molecule has 5 nitrogen and oxygen atoms in total. The molecule has 2 aromatic carbocycles. The van der Waals surface area contributed by atoms with E-state index in [-0.39, 0.29) is 0 Å². The first-order valence-corrected chi connectivity index (χ1v) is 13.0. The SMILES string of the molecule is COC(=O)c1c(CN2CCC(N3CCCCC3)CC2)c(-c2cccc(C(F)(F)F)c2)nc2ccccc12. The largest absolute Gasteiger partial charge is 0.465 e. The summed E-state index contributed by atoms with van der Waals surface area (Å²) in [6.07, 6.45) is 1.41. The molecule has 196 valence electrons. The van der Waals surface area contributed by atoms with Crippen LogP contribution in [0.25, 0.3) is 22.2 Å². The van der Waals surface area contributed by atoms with Crippen LogP contribution in [0, 0.1) is 0 Å². The van der Waals surface area contributed by atoms with Crippen LogP contribution in [0.15, 0.2) is 48.5 Å². The predicted octanol–water partition coefficient (Wildman–Crippen LogP) is 6.16. The van der Waals surface area contributed by atoms with Crippen molar-refractivity contribution in [3.8, 4) is 11.3 Å². The summed E-state index contributed by atoms with van der Waals surface area (Å²) in [5.41, 5.74) is 1.52. The molecule has 0 amide bonds. The maximum absolute atomic E-state index is 13.6. The summed E-state index contributed by atoms with van der Waals surface area (Å²) in [7, 11) is 1.33. The molecule has 5 rings (SSSR count). The first-order valence-electron chi connectivity index (χ1n) is 13.0. The number of para-hydroxylation sites is 1. The van der Waals surface area contributed by atoms with Gasteiger partial charge >= 0.3 is 12.1 Å². The Kier molecular flexibility index (Phi) is 7.49. The van der Waals surface area contributed by atoms with E-state index in [1.165, 1.54) is 32.4 Å². The molecule has 3 aromatic rings. The zero-order chi connectivity index (χ0) is 26.0. The van der Waals surface area contributed by atoms with Crippen molar-refractivity contribution in [2.75, 3.05) is 33.3 Å². The van der Waals surface area contributed by atoms with Crippen molar-refractivity contribution in [3.63, 3.8) is 0 Å². The van der Waals surface area contributed by atoms with Gasteiger partial charge in [-0.2, -0.15) is 13.2 Å². The summed E-state index contributed by atoms with van der Waals surface area (Å²) in [4.78, 5) is 22.8. The van der Waals surface area contributed by atoms with Gasteiger partial charge in [0.25, 0.3) is 0 Å². The van der Waals surface area contributed by atoms with Gasteiger partial charge in [0, 0.05) is 29.1 Å². The average Bonchev–Trinajstić information content (AvgIpc) is 2.93. The minimum Gasteiger partial charge on any atom is -0.465 e. The van der Waals surface area contributed by atoms with E-state index in [1.54, 1.807) is 18.2 Å². The number of benzene rings is 2. The molecule has 2 fully saturated rings. The van der Waals surface area contributed by atoms with Crippen LogP contribution in [0.5, 0.6) is 0 Å². The maximum Gasteiger partial charge on any atom is 0.416 e. The molecule has 0 N–H and O–H groups in total. The smallest absolute Gasteiger partial charge is 0.416 e. The predicted molar refractivity (Wildman–Crippen MR) is 137 cm³/mol. The summed E-state index contributed by atoms with van der Waals surface area (Å²) in [5.74, 6) is -0.509. The summed E-state index contributed by atoms with van der Waals surface area (Å²) >= 11 is 0. The van der Waals surface area contributed by atoms with Crippen LogP contribution < -0.4 is 0 Å². The molecule has 0 aliphatic carbocycles. The molecule has 0 atom stereocenters. The number of carbonyl (C=O) groups excluding carboxylic acids is 1. The van der Waals surface area contributed by atoms with Gasteiger partial charge in [0.2, 0.25) is 0 Å². The lowest BCUT2D eigenvalue weighted by atomic mass is 9.94. The number of piperidine rings is 2. The monoisotopic (exact) mass is 511 g/mol. The van der Waals surface area contributed by atoms with Crippen LogP contribution in [-0.2, 0) is 17.5 Å². The third kappa shape index (κ3) is 5.50. The summed E-state index contributed by atoms with van der Waals surface area (Å²) in [6, 6.07) is 13.0. The van der Waals surface area contributed by atoms with Crippen molar-refractivity contribution < 1.29 is 22.7 Å². The Morgan fingerprint density at radius 3 is 2.43 bits per heavy atom. The number of pyridine rings is 1. The van der Waals surface area contributed by atoms with Crippen molar-refractivity contribution in [1.29, 1.82) is 0 Å². The Morgan fingerprint density at radius 1 is 1.00 bits per heavy atom. The second kappa shape index (κ2) is 10.8. The minimum atomic E-state index is -4.48. The quantitative estimate of drug-likeness (QED) is 0.384. The highest BCUT2D eigenvalue weighted by Gasteiger charge is 2.32. The van der Waals surface area contributed by atoms with Crippen molar-refractivity contribution in [2.24, 2.45) is 0 Å². The molecule has 3 heterocycles. The highest BCUT2D eigenvalue weighted by atomic mass is 19.4. The highest BCUT2D eigenvalue weighted by Crippen LogP contribution is 2.36. The van der Waals surface area contributed by atoms with Crippen molar-refractivity contribution in [1.82, 2.24) is 14.8 Å². The lowest BCUT2D eigenvalue weighted by Gasteiger charge is -2.40. The lowest BCUT2D eigenvalue weighted by molar-refractivity contribution is -0.137. The summed E-state index contributed by atoms with van der Waals surface area (Å²) < 4.78 is 45.8. The van der Waals surface area contributed by atoms with Crippen LogP contribution in [-0.4, -0.2) is 60.1 Å². The summed E-state index contributed by atoms with van der Waals surface area (Å²) in [6.45, 7) is 4.45. The molecule has 0 spiro atoms. The van der Waals surface area contributed by atoms with Gasteiger partial charge in [-0.15, -0.1) is 0 Å². The Hall–Kier alpha value is -2.97. The van der Waals surface area contributed by atoms with Gasteiger partial charge in [0.1, 0.15) is 0 Å². The van der Waals surface area contributed by atoms with E-state index in [9.17, 15) is 18.0 Å². The second-order valence-electron chi connectivity index (χ2n) is 10.0. The molecule has 2 aliphatic rings. The van der Waals surface area contributed by atoms with Crippen LogP contribution in [0.4, 0.5) is 13.2 Å². The van der Waals surface area contributed by atoms with E-state index in [2.05, 4.69) is 9.80 Å². The number of hydrogen-bond donors (Lipinski definition) is 0. The van der Waals surface area contributed by atoms with Crippen molar-refractivity contribution >= 4 is 16.9 Å². The summed E-state index contributed by atoms with van der Waals surface area (Å²) in [5, 5.41) is 0.642. The molecule has 0 saturated carbocycles. The van der Waals surface area contributed by atoms with Gasteiger partial charge in [-0.05, 0) is 70.1 Å². The zero-order valence-electron chi connectivity index (χ0n) is 21.1. The molecule has 2 aliphatic heterocycles. The fourth-order valence-electron chi connectivity index (χ4n) is 5.77. The van der Waals surface area contributed by atoms with Gasteiger partial charge in [0.05, 0.1) is 29.4 Å². The number of likely N-dealkylation sites (tertiary alicyclic amines) is 2. The number of carbonyl (C=O) groups is 1. The van der Waals surface area contributed by atoms with Gasteiger partial charge in [0.15, 0.2) is 0 Å². The topological polar surface area (TPSA) is 45.7 Å². The molecule has 37 heavy (non-hydrogen) atoms. The van der Waals surface area contributed by atoms with Crippen LogP contribution >= 0.6 is 0 Å². The van der Waals surface area contributed by atoms with Crippen LogP contribution in [0.2, 0.25) is 0 Å². The number of halogens is 3. The highest BCUT2D eigenvalue weighted by molar-refractivity contribution is 6.06. The second-order valence-corrected chi connectivity index (χ2v) is 10.0. The first kappa shape index (κ1) is 25.7. The Bertz CT molecular complexity index is 1260. The van der Waals surface area contributed by atoms with Crippen molar-refractivity contribution in [3.05, 3.63) is 65.2 Å². The van der Waals surface area contributed by atoms with Gasteiger partial charge in [-0.1, -0.05) is 36.8 Å². The number of rotatable bonds is 5. The molecule has 2 saturated heterocycles. The fraction of sp³-hybridized carbons (Fsp3) is 0.448. The number of methoxy groups -OCH3 is 1. The molecule has 0 unspecified atom stereocenters. The first-order chi connectivity index (χ1) is 17.8. The van der Waals surface area contributed by atoms with Gasteiger partial charge < -0.3 is 9.64 Å². The number of aromatic nitrogens is 1. The lowest BCUT2D eigenvalue weighted by Crippen LogP contribution is -2.46. The minimum absolute atomic E-state index is 0.337. The van der Waals surface area contributed by atoms with Crippen molar-refractivity contribution in [2.45, 2.75) is 50.9 Å². The Labute approximate surface area is 215 Å². The molecular formula is C29H32F3N3O2. The standard InChI is InChI=1S/C29H32F3N3O2/c1-37-28(36)26-23-10-3-4-11-25(23)33-27(20-8-7-9-21(18-20)29(30,31)32)24(26)19-34-16-12-22(13-17-34)35-14-5-2-6-15-35/h3-4,7-11,18,22H,2,5-6,12-17,19H2,1H3. The number of fused-ring (bicyclic) bond motifs is 1. The fourth-order valence-corrected chi connectivity index (χ4v) is 5.77. The molecule has 8 heteroatoms. The molecular weight excluding hydrogens is 479 g/mol. The van der Waals surface area contributed by atoms with Crippen LogP contribution in [0.3, 0.4) is 0 Å². The Morgan fingerprint density at radius 2 is 1.73 bits per heavy atom. The van der Waals surface area contributed by atoms with Crippen LogP contribution in [0.1, 0.15) is 53.6 Å². The molecule has 1 aromatic heterocycles. The molecule has 0 radical (unpaired) electrons. The number of alkyl halides is 3. The molecule has 0 bridgehead atoms. The number of nitrogens with zero attached hydrogens (tertiary/aromatic N) is 3. The third-order valence-electron chi connectivity index (χ3n) is 7.69.